The topological polar surface area (TPSA) is 69.6 Å². The van der Waals surface area contributed by atoms with Crippen LogP contribution >= 0.6 is 24.0 Å². The van der Waals surface area contributed by atoms with Crippen molar-refractivity contribution < 1.29 is 14.3 Å². The summed E-state index contributed by atoms with van der Waals surface area (Å²) in [5.41, 5.74) is 0. The van der Waals surface area contributed by atoms with Gasteiger partial charge in [0.2, 0.25) is 0 Å². The van der Waals surface area contributed by atoms with Gasteiger partial charge in [-0.2, -0.15) is 0 Å². The Kier molecular flexibility index (Phi) is 10.1. The molecule has 1 atom stereocenters. The minimum atomic E-state index is -0.211. The first kappa shape index (κ1) is 22.6. The number of rotatable bonds is 5. The summed E-state index contributed by atoms with van der Waals surface area (Å²) >= 11 is 0. The van der Waals surface area contributed by atoms with Crippen molar-refractivity contribution in [1.29, 1.82) is 0 Å². The average Bonchev–Trinajstić information content (AvgIpc) is 3.23. The number of guanidine groups is 1. The van der Waals surface area contributed by atoms with Gasteiger partial charge in [-0.1, -0.05) is 0 Å². The number of halogens is 1. The second-order valence-corrected chi connectivity index (χ2v) is 7.00. The van der Waals surface area contributed by atoms with Gasteiger partial charge in [-0.05, 0) is 19.8 Å². The Bertz CT molecular complexity index is 474. The largest absolute Gasteiger partial charge is 0.379 e. The summed E-state index contributed by atoms with van der Waals surface area (Å²) in [6.07, 6.45) is 1.65. The fraction of sp³-hybridized carbons (Fsp3) is 0.889. The number of hydrogen-bond donors (Lipinski definition) is 1. The number of piperazine rings is 1. The molecule has 0 aliphatic carbocycles. The van der Waals surface area contributed by atoms with Crippen LogP contribution in [0, 0.1) is 0 Å². The van der Waals surface area contributed by atoms with Gasteiger partial charge in [-0.3, -0.25) is 14.7 Å². The van der Waals surface area contributed by atoms with Gasteiger partial charge in [0.1, 0.15) is 6.10 Å². The van der Waals surface area contributed by atoms with E-state index < -0.39 is 0 Å². The van der Waals surface area contributed by atoms with Gasteiger partial charge in [0.25, 0.3) is 5.91 Å². The number of nitrogens with zero attached hydrogens (tertiary/aromatic N) is 4. The molecular weight excluding hydrogens is 461 g/mol. The van der Waals surface area contributed by atoms with Crippen LogP contribution in [0.3, 0.4) is 0 Å². The van der Waals surface area contributed by atoms with Crippen molar-refractivity contribution in [2.75, 3.05) is 78.7 Å². The lowest BCUT2D eigenvalue weighted by atomic mass is 10.2. The number of carbonyl (C=O) groups excluding carboxylic acids is 1. The van der Waals surface area contributed by atoms with E-state index in [4.69, 9.17) is 14.5 Å². The lowest BCUT2D eigenvalue weighted by Crippen LogP contribution is -2.55. The Balaban J connectivity index is 0.00000261. The lowest BCUT2D eigenvalue weighted by Gasteiger charge is -2.37. The van der Waals surface area contributed by atoms with E-state index in [0.717, 1.165) is 97.5 Å². The number of carbonyl (C=O) groups is 1. The van der Waals surface area contributed by atoms with Crippen LogP contribution in [0.15, 0.2) is 4.99 Å². The van der Waals surface area contributed by atoms with Gasteiger partial charge in [-0.15, -0.1) is 24.0 Å². The molecule has 0 aromatic heterocycles. The lowest BCUT2D eigenvalue weighted by molar-refractivity contribution is -0.142. The van der Waals surface area contributed by atoms with Crippen LogP contribution < -0.4 is 5.32 Å². The molecule has 27 heavy (non-hydrogen) atoms. The van der Waals surface area contributed by atoms with Gasteiger partial charge in [0.15, 0.2) is 5.96 Å². The molecule has 0 radical (unpaired) electrons. The monoisotopic (exact) mass is 495 g/mol. The Morgan fingerprint density at radius 1 is 1.07 bits per heavy atom. The van der Waals surface area contributed by atoms with E-state index in [-0.39, 0.29) is 36.0 Å². The molecule has 0 spiro atoms. The first-order valence-electron chi connectivity index (χ1n) is 10.0. The highest BCUT2D eigenvalue weighted by Gasteiger charge is 2.30. The molecule has 8 nitrogen and oxygen atoms in total. The molecule has 0 aromatic carbocycles. The van der Waals surface area contributed by atoms with E-state index in [1.165, 1.54) is 0 Å². The van der Waals surface area contributed by atoms with Crippen molar-refractivity contribution in [2.45, 2.75) is 25.9 Å². The summed E-state index contributed by atoms with van der Waals surface area (Å²) in [6.45, 7) is 12.2. The van der Waals surface area contributed by atoms with E-state index in [1.54, 1.807) is 0 Å². The summed E-state index contributed by atoms with van der Waals surface area (Å²) in [4.78, 5) is 23.9. The molecule has 3 saturated heterocycles. The minimum Gasteiger partial charge on any atom is -0.379 e. The summed E-state index contributed by atoms with van der Waals surface area (Å²) in [6, 6.07) is 0. The third-order valence-corrected chi connectivity index (χ3v) is 5.21. The number of hydrogen-bond acceptors (Lipinski definition) is 5. The molecule has 3 aliphatic rings. The van der Waals surface area contributed by atoms with Crippen LogP contribution in [0.25, 0.3) is 0 Å². The Morgan fingerprint density at radius 3 is 2.41 bits per heavy atom. The second-order valence-electron chi connectivity index (χ2n) is 7.00. The van der Waals surface area contributed by atoms with Crippen molar-refractivity contribution in [3.8, 4) is 0 Å². The molecule has 1 unspecified atom stereocenters. The second kappa shape index (κ2) is 12.0. The molecule has 3 fully saturated rings. The third kappa shape index (κ3) is 6.72. The molecular formula is C18H34IN5O3. The van der Waals surface area contributed by atoms with Crippen LogP contribution in [0.1, 0.15) is 19.8 Å². The van der Waals surface area contributed by atoms with Gasteiger partial charge in [-0.25, -0.2) is 0 Å². The molecule has 3 heterocycles. The van der Waals surface area contributed by atoms with Crippen molar-refractivity contribution in [2.24, 2.45) is 4.99 Å². The number of morpholine rings is 1. The van der Waals surface area contributed by atoms with Crippen molar-refractivity contribution >= 4 is 35.8 Å². The fourth-order valence-electron chi connectivity index (χ4n) is 3.66. The van der Waals surface area contributed by atoms with Gasteiger partial charge >= 0.3 is 0 Å². The Hall–Kier alpha value is -0.650. The SMILES string of the molecule is CCNC(=NCCN1CCOCC1)N1CCN(C(=O)C2CCCO2)CC1.I. The van der Waals surface area contributed by atoms with E-state index in [2.05, 4.69) is 22.0 Å². The highest BCUT2D eigenvalue weighted by atomic mass is 127. The molecule has 1 N–H and O–H groups in total. The zero-order valence-corrected chi connectivity index (χ0v) is 18.7. The summed E-state index contributed by atoms with van der Waals surface area (Å²) in [7, 11) is 0. The van der Waals surface area contributed by atoms with E-state index in [0.29, 0.717) is 0 Å². The minimum absolute atomic E-state index is 0. The van der Waals surface area contributed by atoms with Crippen LogP contribution in [0.4, 0.5) is 0 Å². The normalized spacial score (nSPS) is 24.6. The summed E-state index contributed by atoms with van der Waals surface area (Å²) < 4.78 is 10.9. The maximum Gasteiger partial charge on any atom is 0.251 e. The molecule has 3 rings (SSSR count). The molecule has 0 bridgehead atoms. The van der Waals surface area contributed by atoms with E-state index in [9.17, 15) is 4.79 Å². The van der Waals surface area contributed by atoms with Crippen molar-refractivity contribution in [1.82, 2.24) is 20.0 Å². The fourth-order valence-corrected chi connectivity index (χ4v) is 3.66. The predicted molar refractivity (Wildman–Crippen MR) is 116 cm³/mol. The molecule has 0 aromatic rings. The standard InChI is InChI=1S/C18H33N5O3.HI/c1-2-19-18(20-5-6-21-11-14-25-15-12-21)23-9-7-22(8-10-23)17(24)16-4-3-13-26-16;/h16H,2-15H2,1H3,(H,19,20);1H. The predicted octanol–water partition coefficient (Wildman–Crippen LogP) is 0.225. The smallest absolute Gasteiger partial charge is 0.251 e. The van der Waals surface area contributed by atoms with Crippen LogP contribution in [-0.2, 0) is 14.3 Å². The van der Waals surface area contributed by atoms with Gasteiger partial charge in [0, 0.05) is 59.0 Å². The van der Waals surface area contributed by atoms with Crippen LogP contribution in [-0.4, -0.2) is 111 Å². The highest BCUT2D eigenvalue weighted by Crippen LogP contribution is 2.16. The molecule has 0 saturated carbocycles. The number of amides is 1. The third-order valence-electron chi connectivity index (χ3n) is 5.21. The van der Waals surface area contributed by atoms with Gasteiger partial charge in [0.05, 0.1) is 19.8 Å². The summed E-state index contributed by atoms with van der Waals surface area (Å²) in [5.74, 6) is 1.13. The van der Waals surface area contributed by atoms with E-state index >= 15 is 0 Å². The molecule has 9 heteroatoms. The van der Waals surface area contributed by atoms with Crippen molar-refractivity contribution in [3.05, 3.63) is 0 Å². The highest BCUT2D eigenvalue weighted by molar-refractivity contribution is 14.0. The average molecular weight is 495 g/mol. The van der Waals surface area contributed by atoms with E-state index in [1.807, 2.05) is 4.90 Å². The molecule has 3 aliphatic heterocycles. The first-order chi connectivity index (χ1) is 12.8. The maximum absolute atomic E-state index is 12.5. The molecule has 1 amide bonds. The maximum atomic E-state index is 12.5. The zero-order valence-electron chi connectivity index (χ0n) is 16.4. The summed E-state index contributed by atoms with van der Waals surface area (Å²) in [5, 5.41) is 3.39. The molecule has 156 valence electrons. The first-order valence-corrected chi connectivity index (χ1v) is 10.0. The van der Waals surface area contributed by atoms with Crippen molar-refractivity contribution in [3.63, 3.8) is 0 Å². The Morgan fingerprint density at radius 2 is 1.78 bits per heavy atom. The van der Waals surface area contributed by atoms with Crippen LogP contribution in [0.5, 0.6) is 0 Å². The number of aliphatic imine (C=N–C) groups is 1. The number of ether oxygens (including phenoxy) is 2. The van der Waals surface area contributed by atoms with Gasteiger partial charge < -0.3 is 24.6 Å². The van der Waals surface area contributed by atoms with Crippen LogP contribution in [0.2, 0.25) is 0 Å². The quantitative estimate of drug-likeness (QED) is 0.335. The Labute approximate surface area is 179 Å². The zero-order chi connectivity index (χ0) is 18.2. The number of nitrogens with one attached hydrogen (secondary N) is 1.